The molecule has 1 atom stereocenters. The molecule has 1 unspecified atom stereocenters. The van der Waals surface area contributed by atoms with Crippen molar-refractivity contribution in [3.63, 3.8) is 0 Å². The van der Waals surface area contributed by atoms with Crippen LogP contribution in [0.4, 0.5) is 9.18 Å². The highest BCUT2D eigenvalue weighted by atomic mass is 32.2. The fourth-order valence-corrected chi connectivity index (χ4v) is 4.36. The lowest BCUT2D eigenvalue weighted by atomic mass is 9.96. The van der Waals surface area contributed by atoms with E-state index in [0.29, 0.717) is 6.04 Å². The van der Waals surface area contributed by atoms with E-state index in [1.54, 1.807) is 17.8 Å². The number of carbonyl (C=O) groups is 1. The predicted molar refractivity (Wildman–Crippen MR) is 83.7 cm³/mol. The van der Waals surface area contributed by atoms with Gasteiger partial charge < -0.3 is 10.2 Å². The maximum Gasteiger partial charge on any atom is 0.318 e. The van der Waals surface area contributed by atoms with Crippen molar-refractivity contribution in [1.29, 1.82) is 0 Å². The van der Waals surface area contributed by atoms with Crippen molar-refractivity contribution in [2.24, 2.45) is 0 Å². The van der Waals surface area contributed by atoms with Crippen LogP contribution in [0.3, 0.4) is 0 Å². The largest absolute Gasteiger partial charge is 0.335 e. The number of hydrogen-bond acceptors (Lipinski definition) is 2. The Morgan fingerprint density at radius 1 is 1.29 bits per heavy atom. The van der Waals surface area contributed by atoms with Gasteiger partial charge in [-0.15, -0.1) is 11.8 Å². The van der Waals surface area contributed by atoms with Gasteiger partial charge in [-0.3, -0.25) is 0 Å². The molecule has 1 heterocycles. The molecule has 3 rings (SSSR count). The fraction of sp³-hybridized carbons (Fsp3) is 0.562. The molecule has 0 radical (unpaired) electrons. The number of rotatable bonds is 2. The number of benzene rings is 1. The SMILES string of the molecule is O=C(NC1CCCCC1)N1CCSC1c1cccc(F)c1. The Labute approximate surface area is 129 Å². The van der Waals surface area contributed by atoms with E-state index >= 15 is 0 Å². The van der Waals surface area contributed by atoms with Crippen LogP contribution >= 0.6 is 11.8 Å². The van der Waals surface area contributed by atoms with Gasteiger partial charge in [0.05, 0.1) is 0 Å². The normalized spacial score (nSPS) is 23.3. The Morgan fingerprint density at radius 2 is 2.10 bits per heavy atom. The molecule has 0 spiro atoms. The molecule has 1 aromatic carbocycles. The Balaban J connectivity index is 1.67. The maximum atomic E-state index is 13.4. The van der Waals surface area contributed by atoms with Crippen LogP contribution in [-0.2, 0) is 0 Å². The summed E-state index contributed by atoms with van der Waals surface area (Å²) in [6, 6.07) is 6.89. The van der Waals surface area contributed by atoms with Crippen LogP contribution in [0.1, 0.15) is 43.0 Å². The predicted octanol–water partition coefficient (Wildman–Crippen LogP) is 3.92. The number of nitrogens with zero attached hydrogens (tertiary/aromatic N) is 1. The van der Waals surface area contributed by atoms with Gasteiger partial charge >= 0.3 is 6.03 Å². The first kappa shape index (κ1) is 14.7. The van der Waals surface area contributed by atoms with Gasteiger partial charge in [0.2, 0.25) is 0 Å². The van der Waals surface area contributed by atoms with Gasteiger partial charge in [-0.1, -0.05) is 31.4 Å². The summed E-state index contributed by atoms with van der Waals surface area (Å²) in [4.78, 5) is 14.3. The zero-order chi connectivity index (χ0) is 14.7. The number of amides is 2. The molecule has 1 saturated carbocycles. The molecule has 1 aliphatic carbocycles. The molecule has 21 heavy (non-hydrogen) atoms. The number of urea groups is 1. The van der Waals surface area contributed by atoms with Gasteiger partial charge in [0.15, 0.2) is 0 Å². The van der Waals surface area contributed by atoms with Crippen LogP contribution in [0, 0.1) is 5.82 Å². The summed E-state index contributed by atoms with van der Waals surface area (Å²) in [5.41, 5.74) is 0.872. The Kier molecular flexibility index (Phi) is 4.68. The number of halogens is 1. The van der Waals surface area contributed by atoms with Gasteiger partial charge in [0, 0.05) is 18.3 Å². The number of hydrogen-bond donors (Lipinski definition) is 1. The molecule has 5 heteroatoms. The Bertz CT molecular complexity index is 505. The Hall–Kier alpha value is -1.23. The van der Waals surface area contributed by atoms with E-state index in [2.05, 4.69) is 5.32 Å². The van der Waals surface area contributed by atoms with E-state index in [1.807, 2.05) is 11.0 Å². The molecule has 3 nitrogen and oxygen atoms in total. The highest BCUT2D eigenvalue weighted by Crippen LogP contribution is 2.38. The van der Waals surface area contributed by atoms with E-state index in [9.17, 15) is 9.18 Å². The summed E-state index contributed by atoms with van der Waals surface area (Å²) in [5.74, 6) is 0.659. The topological polar surface area (TPSA) is 32.3 Å². The van der Waals surface area contributed by atoms with Crippen molar-refractivity contribution in [2.75, 3.05) is 12.3 Å². The third-order valence-corrected chi connectivity index (χ3v) is 5.48. The third kappa shape index (κ3) is 3.51. The van der Waals surface area contributed by atoms with Crippen LogP contribution < -0.4 is 5.32 Å². The van der Waals surface area contributed by atoms with Crippen molar-refractivity contribution in [3.8, 4) is 0 Å². The first-order chi connectivity index (χ1) is 10.2. The molecule has 1 aromatic rings. The summed E-state index contributed by atoms with van der Waals surface area (Å²) >= 11 is 1.70. The zero-order valence-corrected chi connectivity index (χ0v) is 12.9. The number of thioether (sulfide) groups is 1. The standard InChI is InChI=1S/C16H21FN2OS/c17-13-6-4-5-12(11-13)15-19(9-10-21-15)16(20)18-14-7-2-1-3-8-14/h4-6,11,14-15H,1-3,7-10H2,(H,18,20). The number of carbonyl (C=O) groups excluding carboxylic acids is 1. The summed E-state index contributed by atoms with van der Waals surface area (Å²) in [6.45, 7) is 0.727. The van der Waals surface area contributed by atoms with E-state index < -0.39 is 0 Å². The van der Waals surface area contributed by atoms with E-state index in [1.165, 1.54) is 31.4 Å². The minimum absolute atomic E-state index is 0.00108. The van der Waals surface area contributed by atoms with Crippen LogP contribution in [-0.4, -0.2) is 29.3 Å². The molecule has 2 fully saturated rings. The van der Waals surface area contributed by atoms with Crippen LogP contribution in [0.5, 0.6) is 0 Å². The minimum atomic E-state index is -0.243. The van der Waals surface area contributed by atoms with E-state index in [4.69, 9.17) is 0 Å². The smallest absolute Gasteiger partial charge is 0.318 e. The molecule has 2 amide bonds. The van der Waals surface area contributed by atoms with Gasteiger partial charge in [-0.25, -0.2) is 9.18 Å². The highest BCUT2D eigenvalue weighted by molar-refractivity contribution is 7.99. The van der Waals surface area contributed by atoms with Crippen LogP contribution in [0.15, 0.2) is 24.3 Å². The van der Waals surface area contributed by atoms with Gasteiger partial charge in [0.1, 0.15) is 11.2 Å². The lowest BCUT2D eigenvalue weighted by Crippen LogP contribution is -2.45. The molecule has 0 bridgehead atoms. The molecule has 0 aromatic heterocycles. The van der Waals surface area contributed by atoms with Crippen LogP contribution in [0.2, 0.25) is 0 Å². The summed E-state index contributed by atoms with van der Waals surface area (Å²) in [5, 5.41) is 3.09. The van der Waals surface area contributed by atoms with Crippen molar-refractivity contribution in [1.82, 2.24) is 10.2 Å². The van der Waals surface area contributed by atoms with Gasteiger partial charge in [-0.05, 0) is 30.5 Å². The van der Waals surface area contributed by atoms with Crippen molar-refractivity contribution >= 4 is 17.8 Å². The monoisotopic (exact) mass is 308 g/mol. The van der Waals surface area contributed by atoms with E-state index in [0.717, 1.165) is 30.7 Å². The summed E-state index contributed by atoms with van der Waals surface area (Å²) in [7, 11) is 0. The molecule has 1 N–H and O–H groups in total. The van der Waals surface area contributed by atoms with Crippen LogP contribution in [0.25, 0.3) is 0 Å². The number of nitrogens with one attached hydrogen (secondary N) is 1. The third-order valence-electron chi connectivity index (χ3n) is 4.22. The van der Waals surface area contributed by atoms with Gasteiger partial charge in [0.25, 0.3) is 0 Å². The lowest BCUT2D eigenvalue weighted by molar-refractivity contribution is 0.192. The maximum absolute atomic E-state index is 13.4. The molecular weight excluding hydrogens is 287 g/mol. The molecule has 1 saturated heterocycles. The molecule has 114 valence electrons. The highest BCUT2D eigenvalue weighted by Gasteiger charge is 2.32. The van der Waals surface area contributed by atoms with Crippen molar-refractivity contribution < 1.29 is 9.18 Å². The summed E-state index contributed by atoms with van der Waals surface area (Å²) < 4.78 is 13.4. The lowest BCUT2D eigenvalue weighted by Gasteiger charge is -2.29. The molecular formula is C16H21FN2OS. The average Bonchev–Trinajstić information content (AvgIpc) is 2.98. The second kappa shape index (κ2) is 6.69. The first-order valence-electron chi connectivity index (χ1n) is 7.68. The minimum Gasteiger partial charge on any atom is -0.335 e. The first-order valence-corrected chi connectivity index (χ1v) is 8.73. The Morgan fingerprint density at radius 3 is 2.86 bits per heavy atom. The molecule has 2 aliphatic rings. The summed E-state index contributed by atoms with van der Waals surface area (Å²) in [6.07, 6.45) is 5.84. The zero-order valence-electron chi connectivity index (χ0n) is 12.1. The second-order valence-electron chi connectivity index (χ2n) is 5.76. The quantitative estimate of drug-likeness (QED) is 0.898. The van der Waals surface area contributed by atoms with Crippen molar-refractivity contribution in [3.05, 3.63) is 35.6 Å². The van der Waals surface area contributed by atoms with E-state index in [-0.39, 0.29) is 17.2 Å². The fourth-order valence-electron chi connectivity index (χ4n) is 3.12. The van der Waals surface area contributed by atoms with Gasteiger partial charge in [-0.2, -0.15) is 0 Å². The second-order valence-corrected chi connectivity index (χ2v) is 6.94. The van der Waals surface area contributed by atoms with Crippen molar-refractivity contribution in [2.45, 2.75) is 43.5 Å². The molecule has 1 aliphatic heterocycles. The average molecular weight is 308 g/mol.